The van der Waals surface area contributed by atoms with E-state index in [1.807, 2.05) is 6.92 Å². The number of aliphatic hydroxyl groups is 1. The summed E-state index contributed by atoms with van der Waals surface area (Å²) in [5, 5.41) is 10.8. The largest absolute Gasteiger partial charge is 0.382 e. The third-order valence-corrected chi connectivity index (χ3v) is 5.77. The van der Waals surface area contributed by atoms with E-state index in [0.717, 1.165) is 25.7 Å². The molecular weight excluding hydrogens is 236 g/mol. The van der Waals surface area contributed by atoms with Crippen LogP contribution in [0.15, 0.2) is 23.8 Å². The zero-order chi connectivity index (χ0) is 13.8. The molecule has 5 atom stereocenters. The molecule has 2 nitrogen and oxygen atoms in total. The molecule has 4 aliphatic carbocycles. The fraction of sp³-hybridized carbons (Fsp3) is 0.706. The summed E-state index contributed by atoms with van der Waals surface area (Å²) in [4.78, 5) is 12.7. The Morgan fingerprint density at radius 2 is 1.84 bits per heavy atom. The minimum absolute atomic E-state index is 0.0262. The molecule has 0 aromatic heterocycles. The van der Waals surface area contributed by atoms with Gasteiger partial charge in [0.1, 0.15) is 5.60 Å². The van der Waals surface area contributed by atoms with Gasteiger partial charge in [-0.1, -0.05) is 23.8 Å². The van der Waals surface area contributed by atoms with E-state index in [0.29, 0.717) is 11.8 Å². The van der Waals surface area contributed by atoms with Crippen molar-refractivity contribution in [2.45, 2.75) is 52.1 Å². The van der Waals surface area contributed by atoms with Crippen LogP contribution in [0.3, 0.4) is 0 Å². The first-order chi connectivity index (χ1) is 8.89. The van der Waals surface area contributed by atoms with Crippen molar-refractivity contribution in [3.05, 3.63) is 23.8 Å². The van der Waals surface area contributed by atoms with Crippen LogP contribution in [-0.4, -0.2) is 16.5 Å². The second-order valence-electron chi connectivity index (χ2n) is 7.02. The van der Waals surface area contributed by atoms with E-state index in [1.165, 1.54) is 5.57 Å². The molecule has 0 saturated heterocycles. The maximum Gasteiger partial charge on any atom is 0.174 e. The van der Waals surface area contributed by atoms with E-state index in [9.17, 15) is 9.90 Å². The minimum Gasteiger partial charge on any atom is -0.382 e. The van der Waals surface area contributed by atoms with Crippen LogP contribution < -0.4 is 0 Å². The Bertz CT molecular complexity index is 472. The number of ketones is 1. The Labute approximate surface area is 115 Å². The number of carbonyl (C=O) groups is 1. The monoisotopic (exact) mass is 260 g/mol. The van der Waals surface area contributed by atoms with Crippen LogP contribution >= 0.6 is 0 Å². The average Bonchev–Trinajstić information content (AvgIpc) is 2.27. The van der Waals surface area contributed by atoms with Gasteiger partial charge >= 0.3 is 0 Å². The second-order valence-corrected chi connectivity index (χ2v) is 7.02. The third kappa shape index (κ3) is 1.62. The predicted molar refractivity (Wildman–Crippen MR) is 75.6 cm³/mol. The zero-order valence-corrected chi connectivity index (χ0v) is 12.1. The normalized spacial score (nSPS) is 51.1. The van der Waals surface area contributed by atoms with E-state index in [2.05, 4.69) is 25.2 Å². The van der Waals surface area contributed by atoms with E-state index in [-0.39, 0.29) is 11.7 Å². The highest BCUT2D eigenvalue weighted by Crippen LogP contribution is 2.59. The van der Waals surface area contributed by atoms with E-state index < -0.39 is 11.0 Å². The number of Topliss-reactive ketones (excluding diaryl/α,β-unsaturated/α-hetero) is 1. The van der Waals surface area contributed by atoms with Crippen LogP contribution in [0.5, 0.6) is 0 Å². The number of hydrogen-bond donors (Lipinski definition) is 1. The van der Waals surface area contributed by atoms with Crippen LogP contribution in [0.4, 0.5) is 0 Å². The summed E-state index contributed by atoms with van der Waals surface area (Å²) in [6.45, 7) is 5.87. The lowest BCUT2D eigenvalue weighted by molar-refractivity contribution is -0.170. The molecule has 0 aromatic carbocycles. The number of hydrogen-bond acceptors (Lipinski definition) is 2. The molecule has 104 valence electrons. The summed E-state index contributed by atoms with van der Waals surface area (Å²) in [6.07, 6.45) is 11.0. The topological polar surface area (TPSA) is 37.3 Å². The first-order valence-electron chi connectivity index (χ1n) is 7.50. The maximum absolute atomic E-state index is 12.7. The molecule has 0 radical (unpaired) electrons. The SMILES string of the molecule is CC1=C[C@]2(C)C(=O)[C@@](C)(O)[C@H]1[C@@H]1CC/C=C\CC[C@@H]12. The second kappa shape index (κ2) is 4.05. The molecule has 0 aromatic rings. The standard InChI is InChI=1S/C17H24O2/c1-11-10-16(2)13-9-7-5-4-6-8-12(13)14(11)17(3,19)15(16)18/h4-5,10,12-14,19H,6-9H2,1-3H3/b5-4-/t12-,13+,14-,16+,17+/m1/s1. The molecule has 1 fully saturated rings. The van der Waals surface area contributed by atoms with E-state index in [4.69, 9.17) is 0 Å². The van der Waals surface area contributed by atoms with Crippen molar-refractivity contribution in [3.63, 3.8) is 0 Å². The molecule has 0 aliphatic heterocycles. The van der Waals surface area contributed by atoms with Gasteiger partial charge in [0.25, 0.3) is 0 Å². The van der Waals surface area contributed by atoms with Gasteiger partial charge in [-0.2, -0.15) is 0 Å². The fourth-order valence-corrected chi connectivity index (χ4v) is 5.15. The lowest BCUT2D eigenvalue weighted by atomic mass is 9.46. The predicted octanol–water partition coefficient (Wildman–Crippen LogP) is 3.27. The molecule has 1 saturated carbocycles. The summed E-state index contributed by atoms with van der Waals surface area (Å²) < 4.78 is 0. The highest BCUT2D eigenvalue weighted by molar-refractivity contribution is 5.97. The lowest BCUT2D eigenvalue weighted by Crippen LogP contribution is -2.64. The Hall–Kier alpha value is -0.890. The molecular formula is C17H24O2. The average molecular weight is 260 g/mol. The zero-order valence-electron chi connectivity index (χ0n) is 12.1. The van der Waals surface area contributed by atoms with Crippen molar-refractivity contribution in [2.24, 2.45) is 23.2 Å². The van der Waals surface area contributed by atoms with Crippen molar-refractivity contribution >= 4 is 5.78 Å². The van der Waals surface area contributed by atoms with Crippen LogP contribution in [-0.2, 0) is 4.79 Å². The van der Waals surface area contributed by atoms with Gasteiger partial charge in [-0.3, -0.25) is 4.79 Å². The molecule has 4 aliphatic rings. The van der Waals surface area contributed by atoms with Crippen molar-refractivity contribution in [2.75, 3.05) is 0 Å². The maximum atomic E-state index is 12.7. The van der Waals surface area contributed by atoms with Gasteiger partial charge in [-0.25, -0.2) is 0 Å². The highest BCUT2D eigenvalue weighted by atomic mass is 16.3. The number of allylic oxidation sites excluding steroid dienone is 3. The Morgan fingerprint density at radius 3 is 2.53 bits per heavy atom. The number of carbonyl (C=O) groups excluding carboxylic acids is 1. The summed E-state index contributed by atoms with van der Waals surface area (Å²) in [5.74, 6) is 0.922. The van der Waals surface area contributed by atoms with Crippen molar-refractivity contribution in [1.82, 2.24) is 0 Å². The van der Waals surface area contributed by atoms with Gasteiger partial charge in [-0.15, -0.1) is 0 Å². The number of rotatable bonds is 0. The summed E-state index contributed by atoms with van der Waals surface area (Å²) in [5.41, 5.74) is -0.409. The first-order valence-corrected chi connectivity index (χ1v) is 7.50. The van der Waals surface area contributed by atoms with Gasteiger partial charge in [-0.05, 0) is 58.3 Å². The third-order valence-electron chi connectivity index (χ3n) is 5.77. The van der Waals surface area contributed by atoms with E-state index in [1.54, 1.807) is 6.92 Å². The molecule has 1 N–H and O–H groups in total. The number of fused-ring (bicyclic) bond motifs is 1. The molecule has 2 heteroatoms. The Morgan fingerprint density at radius 1 is 1.21 bits per heavy atom. The lowest BCUT2D eigenvalue weighted by Gasteiger charge is -2.58. The van der Waals surface area contributed by atoms with Gasteiger partial charge in [0, 0.05) is 5.92 Å². The molecule has 0 spiro atoms. The summed E-state index contributed by atoms with van der Waals surface area (Å²) in [6, 6.07) is 0. The molecule has 4 rings (SSSR count). The summed E-state index contributed by atoms with van der Waals surface area (Å²) in [7, 11) is 0. The quantitative estimate of drug-likeness (QED) is 0.679. The van der Waals surface area contributed by atoms with E-state index >= 15 is 0 Å². The molecule has 19 heavy (non-hydrogen) atoms. The van der Waals surface area contributed by atoms with Crippen LogP contribution in [0.1, 0.15) is 46.5 Å². The van der Waals surface area contributed by atoms with Crippen molar-refractivity contribution in [1.29, 1.82) is 0 Å². The first kappa shape index (κ1) is 13.1. The van der Waals surface area contributed by atoms with Crippen LogP contribution in [0.25, 0.3) is 0 Å². The van der Waals surface area contributed by atoms with Crippen LogP contribution in [0.2, 0.25) is 0 Å². The molecule has 0 amide bonds. The van der Waals surface area contributed by atoms with Crippen molar-refractivity contribution < 1.29 is 9.90 Å². The Kier molecular flexibility index (Phi) is 2.79. The molecule has 0 unspecified atom stereocenters. The van der Waals surface area contributed by atoms with Crippen LogP contribution in [0, 0.1) is 23.2 Å². The van der Waals surface area contributed by atoms with Gasteiger partial charge in [0.15, 0.2) is 5.78 Å². The Balaban J connectivity index is 2.12. The molecule has 2 bridgehead atoms. The van der Waals surface area contributed by atoms with Gasteiger partial charge in [0.2, 0.25) is 0 Å². The summed E-state index contributed by atoms with van der Waals surface area (Å²) >= 11 is 0. The fourth-order valence-electron chi connectivity index (χ4n) is 5.15. The van der Waals surface area contributed by atoms with Gasteiger partial charge < -0.3 is 5.11 Å². The van der Waals surface area contributed by atoms with Crippen molar-refractivity contribution in [3.8, 4) is 0 Å². The highest BCUT2D eigenvalue weighted by Gasteiger charge is 2.63. The molecule has 0 heterocycles. The minimum atomic E-state index is -1.17. The smallest absolute Gasteiger partial charge is 0.174 e. The van der Waals surface area contributed by atoms with Gasteiger partial charge in [0.05, 0.1) is 5.41 Å².